The zero-order valence-corrected chi connectivity index (χ0v) is 17.8. The van der Waals surface area contributed by atoms with Crippen LogP contribution in [-0.4, -0.2) is 10.2 Å². The van der Waals surface area contributed by atoms with E-state index in [4.69, 9.17) is 0 Å². The van der Waals surface area contributed by atoms with Crippen molar-refractivity contribution in [3.63, 3.8) is 0 Å². The van der Waals surface area contributed by atoms with Crippen molar-refractivity contribution in [2.24, 2.45) is 11.8 Å². The Bertz CT molecular complexity index is 874. The van der Waals surface area contributed by atoms with Crippen molar-refractivity contribution < 1.29 is 10.2 Å². The second kappa shape index (κ2) is 8.86. The molecule has 0 heterocycles. The van der Waals surface area contributed by atoms with Gasteiger partial charge in [-0.15, -0.1) is 0 Å². The van der Waals surface area contributed by atoms with E-state index in [1.165, 1.54) is 24.0 Å². The molecule has 0 aliphatic heterocycles. The number of fused-ring (bicyclic) bond motifs is 2. The highest BCUT2D eigenvalue weighted by Gasteiger charge is 2.14. The van der Waals surface area contributed by atoms with Crippen LogP contribution >= 0.6 is 0 Å². The van der Waals surface area contributed by atoms with E-state index in [1.54, 1.807) is 0 Å². The highest BCUT2D eigenvalue weighted by molar-refractivity contribution is 6.10. The summed E-state index contributed by atoms with van der Waals surface area (Å²) in [4.78, 5) is 0. The van der Waals surface area contributed by atoms with Crippen LogP contribution in [-0.2, 0) is 12.8 Å². The maximum atomic E-state index is 10.9. The average molecular weight is 379 g/mol. The van der Waals surface area contributed by atoms with Crippen molar-refractivity contribution in [3.05, 3.63) is 47.5 Å². The van der Waals surface area contributed by atoms with Gasteiger partial charge in [0.05, 0.1) is 0 Å². The van der Waals surface area contributed by atoms with Gasteiger partial charge in [0.2, 0.25) is 0 Å². The molecule has 28 heavy (non-hydrogen) atoms. The number of rotatable bonds is 8. The first-order valence-corrected chi connectivity index (χ1v) is 10.8. The fraction of sp³-hybridized carbons (Fsp3) is 0.462. The van der Waals surface area contributed by atoms with Crippen LogP contribution in [0.2, 0.25) is 0 Å². The number of phenols is 2. The van der Waals surface area contributed by atoms with Gasteiger partial charge in [-0.2, -0.15) is 0 Å². The van der Waals surface area contributed by atoms with Crippen LogP contribution in [0, 0.1) is 11.8 Å². The highest BCUT2D eigenvalue weighted by atomic mass is 16.3. The average Bonchev–Trinajstić information content (AvgIpc) is 2.65. The normalized spacial score (nSPS) is 11.9. The third-order valence-corrected chi connectivity index (χ3v) is 5.68. The molecule has 0 aromatic heterocycles. The van der Waals surface area contributed by atoms with Crippen LogP contribution in [0.25, 0.3) is 21.5 Å². The molecule has 3 rings (SSSR count). The molecular formula is C26H34O2. The number of aromatic hydroxyl groups is 2. The molecule has 0 saturated carbocycles. The molecule has 2 N–H and O–H groups in total. The standard InChI is InChI=1S/C26H34O2/c1-17(2)7-5-9-19-11-13-21-23(15-19)25(27)22-14-12-20(10-6-8-18(3)4)16-24(22)26(21)28/h11-18,27-28H,5-10H2,1-4H3. The van der Waals surface area contributed by atoms with Gasteiger partial charge in [-0.25, -0.2) is 0 Å². The summed E-state index contributed by atoms with van der Waals surface area (Å²) >= 11 is 0. The molecule has 0 saturated heterocycles. The fourth-order valence-electron chi connectivity index (χ4n) is 4.02. The van der Waals surface area contributed by atoms with Crippen molar-refractivity contribution in [2.75, 3.05) is 0 Å². The van der Waals surface area contributed by atoms with Crippen LogP contribution in [0.5, 0.6) is 11.5 Å². The Morgan fingerprint density at radius 3 is 1.36 bits per heavy atom. The number of hydrogen-bond donors (Lipinski definition) is 2. The molecule has 0 aliphatic rings. The van der Waals surface area contributed by atoms with Crippen LogP contribution in [0.15, 0.2) is 36.4 Å². The minimum absolute atomic E-state index is 0.280. The van der Waals surface area contributed by atoms with Crippen molar-refractivity contribution in [3.8, 4) is 11.5 Å². The van der Waals surface area contributed by atoms with Gasteiger partial charge in [-0.3, -0.25) is 0 Å². The van der Waals surface area contributed by atoms with Gasteiger partial charge in [0, 0.05) is 21.5 Å². The van der Waals surface area contributed by atoms with Crippen LogP contribution < -0.4 is 0 Å². The van der Waals surface area contributed by atoms with Crippen molar-refractivity contribution in [1.29, 1.82) is 0 Å². The van der Waals surface area contributed by atoms with E-state index >= 15 is 0 Å². The molecule has 0 aliphatic carbocycles. The summed E-state index contributed by atoms with van der Waals surface area (Å²) in [5.74, 6) is 1.97. The second-order valence-electron chi connectivity index (χ2n) is 9.03. The monoisotopic (exact) mass is 378 g/mol. The molecule has 0 bridgehead atoms. The minimum Gasteiger partial charge on any atom is -0.507 e. The van der Waals surface area contributed by atoms with Crippen molar-refractivity contribution in [1.82, 2.24) is 0 Å². The molecule has 0 spiro atoms. The van der Waals surface area contributed by atoms with Gasteiger partial charge in [0.1, 0.15) is 11.5 Å². The summed E-state index contributed by atoms with van der Waals surface area (Å²) in [7, 11) is 0. The lowest BCUT2D eigenvalue weighted by Gasteiger charge is -2.13. The van der Waals surface area contributed by atoms with E-state index < -0.39 is 0 Å². The number of hydrogen-bond acceptors (Lipinski definition) is 2. The molecule has 0 unspecified atom stereocenters. The smallest absolute Gasteiger partial charge is 0.131 e. The summed E-state index contributed by atoms with van der Waals surface area (Å²) in [6, 6.07) is 12.2. The molecule has 2 heteroatoms. The third kappa shape index (κ3) is 4.60. The van der Waals surface area contributed by atoms with E-state index in [2.05, 4.69) is 39.8 Å². The second-order valence-corrected chi connectivity index (χ2v) is 9.03. The van der Waals surface area contributed by atoms with E-state index in [0.29, 0.717) is 11.8 Å². The minimum atomic E-state index is 0.280. The molecule has 0 amide bonds. The summed E-state index contributed by atoms with van der Waals surface area (Å²) < 4.78 is 0. The van der Waals surface area contributed by atoms with Gasteiger partial charge >= 0.3 is 0 Å². The summed E-state index contributed by atoms with van der Waals surface area (Å²) in [6.45, 7) is 8.97. The molecule has 3 aromatic carbocycles. The lowest BCUT2D eigenvalue weighted by molar-refractivity contribution is 0.478. The largest absolute Gasteiger partial charge is 0.507 e. The van der Waals surface area contributed by atoms with E-state index in [0.717, 1.165) is 47.2 Å². The Morgan fingerprint density at radius 1 is 0.607 bits per heavy atom. The maximum Gasteiger partial charge on any atom is 0.131 e. The van der Waals surface area contributed by atoms with Crippen LogP contribution in [0.3, 0.4) is 0 Å². The first-order chi connectivity index (χ1) is 13.4. The molecule has 0 radical (unpaired) electrons. The Labute approximate surface area is 169 Å². The summed E-state index contributed by atoms with van der Waals surface area (Å²) in [5, 5.41) is 24.8. The topological polar surface area (TPSA) is 40.5 Å². The lowest BCUT2D eigenvalue weighted by Crippen LogP contribution is -1.92. The van der Waals surface area contributed by atoms with Gasteiger partial charge < -0.3 is 10.2 Å². The zero-order chi connectivity index (χ0) is 20.3. The number of aryl methyl sites for hydroxylation is 2. The van der Waals surface area contributed by atoms with Gasteiger partial charge in [-0.1, -0.05) is 64.8 Å². The lowest BCUT2D eigenvalue weighted by atomic mass is 9.94. The van der Waals surface area contributed by atoms with Gasteiger partial charge in [0.25, 0.3) is 0 Å². The number of phenolic OH excluding ortho intramolecular Hbond substituents is 2. The van der Waals surface area contributed by atoms with Crippen molar-refractivity contribution in [2.45, 2.75) is 66.2 Å². The first-order valence-electron chi connectivity index (χ1n) is 10.8. The Kier molecular flexibility index (Phi) is 6.49. The number of benzene rings is 3. The Morgan fingerprint density at radius 2 is 1.00 bits per heavy atom. The van der Waals surface area contributed by atoms with E-state index in [-0.39, 0.29) is 11.5 Å². The molecule has 0 atom stereocenters. The maximum absolute atomic E-state index is 10.9. The molecule has 0 fully saturated rings. The predicted molar refractivity (Wildman–Crippen MR) is 120 cm³/mol. The summed E-state index contributed by atoms with van der Waals surface area (Å²) in [5.41, 5.74) is 2.43. The quantitative estimate of drug-likeness (QED) is 0.317. The Balaban J connectivity index is 1.94. The molecule has 3 aromatic rings. The molecule has 150 valence electrons. The van der Waals surface area contributed by atoms with Crippen LogP contribution in [0.1, 0.15) is 64.5 Å². The van der Waals surface area contributed by atoms with E-state index in [9.17, 15) is 10.2 Å². The third-order valence-electron chi connectivity index (χ3n) is 5.68. The predicted octanol–water partition coefficient (Wildman–Crippen LogP) is 7.36. The van der Waals surface area contributed by atoms with Gasteiger partial charge in [0.15, 0.2) is 0 Å². The fourth-order valence-corrected chi connectivity index (χ4v) is 4.02. The van der Waals surface area contributed by atoms with Crippen molar-refractivity contribution >= 4 is 21.5 Å². The highest BCUT2D eigenvalue weighted by Crippen LogP contribution is 2.42. The summed E-state index contributed by atoms with van der Waals surface area (Å²) in [6.07, 6.45) is 6.69. The first kappa shape index (κ1) is 20.5. The molecular weight excluding hydrogens is 344 g/mol. The SMILES string of the molecule is CC(C)CCCc1ccc2c(O)c3cc(CCCC(C)C)ccc3c(O)c2c1. The van der Waals surface area contributed by atoms with Gasteiger partial charge in [-0.05, 0) is 60.8 Å². The zero-order valence-electron chi connectivity index (χ0n) is 17.8. The van der Waals surface area contributed by atoms with Crippen LogP contribution in [0.4, 0.5) is 0 Å². The van der Waals surface area contributed by atoms with E-state index in [1.807, 2.05) is 24.3 Å². The molecule has 2 nitrogen and oxygen atoms in total. The Hall–Kier alpha value is -2.22.